The molecule has 1 N–H and O–H groups in total. The number of ether oxygens (including phenoxy) is 1. The van der Waals surface area contributed by atoms with Crippen LogP contribution in [-0.4, -0.2) is 37.8 Å². The van der Waals surface area contributed by atoms with Gasteiger partial charge in [0.2, 0.25) is 10.0 Å². The molecule has 1 amide bonds. The molecule has 7 heteroatoms. The highest BCUT2D eigenvalue weighted by Crippen LogP contribution is 2.27. The Hall–Kier alpha value is -2.38. The van der Waals surface area contributed by atoms with Crippen molar-refractivity contribution in [3.05, 3.63) is 54.1 Å². The molecular weight excluding hydrogens is 388 g/mol. The first-order valence-corrected chi connectivity index (χ1v) is 11.5. The van der Waals surface area contributed by atoms with E-state index in [0.29, 0.717) is 30.2 Å². The van der Waals surface area contributed by atoms with E-state index in [1.54, 1.807) is 28.6 Å². The van der Waals surface area contributed by atoms with Crippen molar-refractivity contribution in [2.24, 2.45) is 0 Å². The average Bonchev–Trinajstić information content (AvgIpc) is 2.73. The van der Waals surface area contributed by atoms with Crippen LogP contribution in [0.5, 0.6) is 5.75 Å². The predicted octanol–water partition coefficient (Wildman–Crippen LogP) is 4.29. The molecule has 0 spiro atoms. The van der Waals surface area contributed by atoms with Gasteiger partial charge in [0.05, 0.1) is 17.2 Å². The quantitative estimate of drug-likeness (QED) is 0.730. The number of benzene rings is 2. The van der Waals surface area contributed by atoms with Crippen molar-refractivity contribution in [1.29, 1.82) is 0 Å². The van der Waals surface area contributed by atoms with Crippen LogP contribution in [0.4, 0.5) is 5.69 Å². The number of amides is 1. The summed E-state index contributed by atoms with van der Waals surface area (Å²) in [5, 5.41) is 2.84. The summed E-state index contributed by atoms with van der Waals surface area (Å²) < 4.78 is 33.1. The molecule has 29 heavy (non-hydrogen) atoms. The molecule has 3 rings (SSSR count). The summed E-state index contributed by atoms with van der Waals surface area (Å²) in [6, 6.07) is 13.4. The molecule has 1 atom stereocenters. The molecule has 0 saturated carbocycles. The Kier molecular flexibility index (Phi) is 6.92. The lowest BCUT2D eigenvalue weighted by molar-refractivity contribution is 0.102. The lowest BCUT2D eigenvalue weighted by Crippen LogP contribution is -2.41. The molecule has 2 aromatic carbocycles. The molecule has 156 valence electrons. The molecule has 1 saturated heterocycles. The molecule has 6 nitrogen and oxygen atoms in total. The maximum atomic E-state index is 12.9. The number of para-hydroxylation sites is 2. The van der Waals surface area contributed by atoms with E-state index >= 15 is 0 Å². The van der Waals surface area contributed by atoms with E-state index in [2.05, 4.69) is 5.32 Å². The van der Waals surface area contributed by atoms with Gasteiger partial charge in [-0.2, -0.15) is 4.31 Å². The molecule has 1 unspecified atom stereocenters. The second-order valence-electron chi connectivity index (χ2n) is 7.28. The van der Waals surface area contributed by atoms with Gasteiger partial charge in [-0.1, -0.05) is 25.5 Å². The second-order valence-corrected chi connectivity index (χ2v) is 9.17. The van der Waals surface area contributed by atoms with Crippen LogP contribution in [0.25, 0.3) is 0 Å². The molecule has 0 radical (unpaired) electrons. The van der Waals surface area contributed by atoms with E-state index in [4.69, 9.17) is 4.74 Å². The number of anilines is 1. The van der Waals surface area contributed by atoms with E-state index in [1.165, 1.54) is 12.1 Å². The first kappa shape index (κ1) is 21.3. The van der Waals surface area contributed by atoms with E-state index in [1.807, 2.05) is 26.0 Å². The van der Waals surface area contributed by atoms with Crippen LogP contribution in [0.15, 0.2) is 53.4 Å². The summed E-state index contributed by atoms with van der Waals surface area (Å²) in [5.41, 5.74) is 0.978. The molecular formula is C22H28N2O4S. The van der Waals surface area contributed by atoms with Gasteiger partial charge in [-0.25, -0.2) is 8.42 Å². The van der Waals surface area contributed by atoms with Crippen LogP contribution in [0.1, 0.15) is 49.9 Å². The minimum Gasteiger partial charge on any atom is -0.491 e. The number of sulfonamides is 1. The van der Waals surface area contributed by atoms with Gasteiger partial charge in [-0.05, 0) is 62.6 Å². The molecule has 1 aliphatic rings. The molecule has 2 aromatic rings. The van der Waals surface area contributed by atoms with Gasteiger partial charge in [0.25, 0.3) is 5.91 Å². The smallest absolute Gasteiger partial charge is 0.255 e. The minimum atomic E-state index is -3.55. The topological polar surface area (TPSA) is 75.7 Å². The number of nitrogens with zero attached hydrogens (tertiary/aromatic N) is 1. The van der Waals surface area contributed by atoms with Gasteiger partial charge in [-0.3, -0.25) is 4.79 Å². The zero-order valence-electron chi connectivity index (χ0n) is 16.9. The number of rotatable bonds is 7. The van der Waals surface area contributed by atoms with E-state index in [0.717, 1.165) is 25.7 Å². The third-order valence-electron chi connectivity index (χ3n) is 5.06. The lowest BCUT2D eigenvalue weighted by Gasteiger charge is -2.32. The maximum absolute atomic E-state index is 12.9. The minimum absolute atomic E-state index is 0.00338. The molecule has 0 aromatic heterocycles. The van der Waals surface area contributed by atoms with Crippen molar-refractivity contribution in [3.8, 4) is 5.75 Å². The van der Waals surface area contributed by atoms with Crippen LogP contribution < -0.4 is 10.1 Å². The van der Waals surface area contributed by atoms with Gasteiger partial charge in [0.1, 0.15) is 5.75 Å². The zero-order chi connectivity index (χ0) is 20.9. The van der Waals surface area contributed by atoms with E-state index in [-0.39, 0.29) is 16.8 Å². The number of hydrogen-bond donors (Lipinski definition) is 1. The van der Waals surface area contributed by atoms with Crippen LogP contribution in [0, 0.1) is 0 Å². The summed E-state index contributed by atoms with van der Waals surface area (Å²) >= 11 is 0. The summed E-state index contributed by atoms with van der Waals surface area (Å²) in [5.74, 6) is 0.300. The summed E-state index contributed by atoms with van der Waals surface area (Å²) in [6.07, 6.45) is 3.67. The Morgan fingerprint density at radius 3 is 2.55 bits per heavy atom. The molecule has 0 bridgehead atoms. The Morgan fingerprint density at radius 2 is 1.86 bits per heavy atom. The number of piperidine rings is 1. The highest BCUT2D eigenvalue weighted by molar-refractivity contribution is 7.89. The summed E-state index contributed by atoms with van der Waals surface area (Å²) in [7, 11) is -3.55. The number of carbonyl (C=O) groups is 1. The van der Waals surface area contributed by atoms with E-state index < -0.39 is 10.0 Å². The van der Waals surface area contributed by atoms with Gasteiger partial charge < -0.3 is 10.1 Å². The van der Waals surface area contributed by atoms with E-state index in [9.17, 15) is 13.2 Å². The van der Waals surface area contributed by atoms with Crippen molar-refractivity contribution in [2.45, 2.75) is 50.5 Å². The van der Waals surface area contributed by atoms with Crippen molar-refractivity contribution in [3.63, 3.8) is 0 Å². The Morgan fingerprint density at radius 1 is 1.14 bits per heavy atom. The third-order valence-corrected chi connectivity index (χ3v) is 7.09. The van der Waals surface area contributed by atoms with Crippen LogP contribution in [0.3, 0.4) is 0 Å². The first-order valence-electron chi connectivity index (χ1n) is 10.1. The highest BCUT2D eigenvalue weighted by atomic mass is 32.2. The number of nitrogens with one attached hydrogen (secondary N) is 1. The standard InChI is InChI=1S/C22H28N2O4S/c1-3-16-28-21-10-5-4-9-20(21)23-22(25)18-11-13-19(14-12-18)29(26,27)24-15-7-6-8-17(24)2/h4-5,9-14,17H,3,6-8,15-16H2,1-2H3,(H,23,25). The van der Waals surface area contributed by atoms with Crippen LogP contribution in [0.2, 0.25) is 0 Å². The van der Waals surface area contributed by atoms with Gasteiger partial charge in [0, 0.05) is 18.2 Å². The third kappa shape index (κ3) is 4.97. The molecule has 1 fully saturated rings. The van der Waals surface area contributed by atoms with Crippen LogP contribution >= 0.6 is 0 Å². The fraction of sp³-hybridized carbons (Fsp3) is 0.409. The van der Waals surface area contributed by atoms with Gasteiger partial charge in [0.15, 0.2) is 0 Å². The molecule has 1 heterocycles. The average molecular weight is 417 g/mol. The van der Waals surface area contributed by atoms with Crippen molar-refractivity contribution in [1.82, 2.24) is 4.31 Å². The Labute approximate surface area is 172 Å². The lowest BCUT2D eigenvalue weighted by atomic mass is 10.1. The summed E-state index contributed by atoms with van der Waals surface area (Å²) in [4.78, 5) is 12.8. The van der Waals surface area contributed by atoms with Crippen molar-refractivity contribution < 1.29 is 17.9 Å². The normalized spacial score (nSPS) is 17.7. The van der Waals surface area contributed by atoms with Crippen molar-refractivity contribution >= 4 is 21.6 Å². The highest BCUT2D eigenvalue weighted by Gasteiger charge is 2.30. The number of hydrogen-bond acceptors (Lipinski definition) is 4. The Bertz CT molecular complexity index is 942. The van der Waals surface area contributed by atoms with Crippen LogP contribution in [-0.2, 0) is 10.0 Å². The fourth-order valence-electron chi connectivity index (χ4n) is 3.44. The second kappa shape index (κ2) is 9.41. The molecule has 0 aliphatic carbocycles. The zero-order valence-corrected chi connectivity index (χ0v) is 17.7. The first-order chi connectivity index (χ1) is 13.9. The van der Waals surface area contributed by atoms with Crippen molar-refractivity contribution in [2.75, 3.05) is 18.5 Å². The van der Waals surface area contributed by atoms with Gasteiger partial charge >= 0.3 is 0 Å². The monoisotopic (exact) mass is 416 g/mol. The number of carbonyl (C=O) groups excluding carboxylic acids is 1. The Balaban J connectivity index is 1.74. The predicted molar refractivity (Wildman–Crippen MR) is 114 cm³/mol. The van der Waals surface area contributed by atoms with Gasteiger partial charge in [-0.15, -0.1) is 0 Å². The molecule has 1 aliphatic heterocycles. The largest absolute Gasteiger partial charge is 0.491 e. The summed E-state index contributed by atoms with van der Waals surface area (Å²) in [6.45, 7) is 5.06. The maximum Gasteiger partial charge on any atom is 0.255 e. The fourth-order valence-corrected chi connectivity index (χ4v) is 5.14. The SMILES string of the molecule is CCCOc1ccccc1NC(=O)c1ccc(S(=O)(=O)N2CCCCC2C)cc1.